The van der Waals surface area contributed by atoms with Gasteiger partial charge in [0, 0.05) is 30.8 Å². The van der Waals surface area contributed by atoms with E-state index in [9.17, 15) is 4.79 Å². The molecule has 0 saturated heterocycles. The van der Waals surface area contributed by atoms with E-state index in [1.165, 1.54) is 5.56 Å². The number of hydrogen-bond donors (Lipinski definition) is 2. The SMILES string of the molecule is CCNCc1c(C)nn(CCC(N)=O)c1C. The summed E-state index contributed by atoms with van der Waals surface area (Å²) >= 11 is 0. The minimum atomic E-state index is -0.291. The van der Waals surface area contributed by atoms with E-state index in [1.807, 2.05) is 18.5 Å². The first-order valence-corrected chi connectivity index (χ1v) is 5.58. The molecule has 5 nitrogen and oxygen atoms in total. The van der Waals surface area contributed by atoms with E-state index in [-0.39, 0.29) is 5.91 Å². The predicted molar refractivity (Wildman–Crippen MR) is 62.9 cm³/mol. The number of primary amides is 1. The van der Waals surface area contributed by atoms with Gasteiger partial charge in [0.2, 0.25) is 5.91 Å². The first-order chi connectivity index (χ1) is 7.56. The van der Waals surface area contributed by atoms with Gasteiger partial charge in [-0.1, -0.05) is 6.92 Å². The first-order valence-electron chi connectivity index (χ1n) is 5.58. The molecule has 1 heterocycles. The first kappa shape index (κ1) is 12.7. The largest absolute Gasteiger partial charge is 0.370 e. The van der Waals surface area contributed by atoms with Gasteiger partial charge in [-0.3, -0.25) is 9.48 Å². The predicted octanol–water partition coefficient (Wildman–Crippen LogP) is 0.485. The molecule has 3 N–H and O–H groups in total. The lowest BCUT2D eigenvalue weighted by atomic mass is 10.2. The number of aryl methyl sites for hydroxylation is 2. The summed E-state index contributed by atoms with van der Waals surface area (Å²) in [5.74, 6) is -0.291. The van der Waals surface area contributed by atoms with Crippen LogP contribution in [0.3, 0.4) is 0 Å². The van der Waals surface area contributed by atoms with Crippen molar-refractivity contribution in [3.63, 3.8) is 0 Å². The van der Waals surface area contributed by atoms with Gasteiger partial charge in [0.15, 0.2) is 0 Å². The van der Waals surface area contributed by atoms with Crippen molar-refractivity contribution < 1.29 is 4.79 Å². The minimum Gasteiger partial charge on any atom is -0.370 e. The van der Waals surface area contributed by atoms with Crippen molar-refractivity contribution in [1.29, 1.82) is 0 Å². The third-order valence-corrected chi connectivity index (χ3v) is 2.65. The Morgan fingerprint density at radius 1 is 1.50 bits per heavy atom. The molecular formula is C11H20N4O. The maximum Gasteiger partial charge on any atom is 0.219 e. The summed E-state index contributed by atoms with van der Waals surface area (Å²) in [6.07, 6.45) is 0.336. The number of amides is 1. The van der Waals surface area contributed by atoms with E-state index in [1.54, 1.807) is 0 Å². The lowest BCUT2D eigenvalue weighted by Gasteiger charge is -2.04. The Balaban J connectivity index is 2.75. The molecule has 0 bridgehead atoms. The van der Waals surface area contributed by atoms with E-state index in [0.29, 0.717) is 13.0 Å². The summed E-state index contributed by atoms with van der Waals surface area (Å²) in [5, 5.41) is 7.68. The summed E-state index contributed by atoms with van der Waals surface area (Å²) in [5.41, 5.74) is 8.46. The Bertz CT molecular complexity index is 370. The van der Waals surface area contributed by atoms with Crippen LogP contribution in [0.2, 0.25) is 0 Å². The average molecular weight is 224 g/mol. The van der Waals surface area contributed by atoms with E-state index in [2.05, 4.69) is 17.3 Å². The van der Waals surface area contributed by atoms with Crippen LogP contribution in [0, 0.1) is 13.8 Å². The third-order valence-electron chi connectivity index (χ3n) is 2.65. The highest BCUT2D eigenvalue weighted by Crippen LogP contribution is 2.12. The molecule has 0 atom stereocenters. The number of hydrogen-bond acceptors (Lipinski definition) is 3. The van der Waals surface area contributed by atoms with Crippen molar-refractivity contribution in [3.8, 4) is 0 Å². The topological polar surface area (TPSA) is 72.9 Å². The van der Waals surface area contributed by atoms with Crippen molar-refractivity contribution in [2.24, 2.45) is 5.73 Å². The molecule has 1 aromatic heterocycles. The molecule has 0 unspecified atom stereocenters. The zero-order valence-electron chi connectivity index (χ0n) is 10.2. The van der Waals surface area contributed by atoms with Crippen molar-refractivity contribution in [2.75, 3.05) is 6.54 Å². The summed E-state index contributed by atoms with van der Waals surface area (Å²) < 4.78 is 1.85. The van der Waals surface area contributed by atoms with Crippen LogP contribution in [0.4, 0.5) is 0 Å². The van der Waals surface area contributed by atoms with Crippen LogP contribution in [-0.4, -0.2) is 22.2 Å². The van der Waals surface area contributed by atoms with Crippen LogP contribution in [0.5, 0.6) is 0 Å². The molecule has 0 aliphatic heterocycles. The van der Waals surface area contributed by atoms with Gasteiger partial charge in [0.25, 0.3) is 0 Å². The molecule has 90 valence electrons. The smallest absolute Gasteiger partial charge is 0.219 e. The quantitative estimate of drug-likeness (QED) is 0.738. The van der Waals surface area contributed by atoms with E-state index < -0.39 is 0 Å². The van der Waals surface area contributed by atoms with Crippen LogP contribution in [0.15, 0.2) is 0 Å². The second-order valence-corrected chi connectivity index (χ2v) is 3.87. The zero-order valence-corrected chi connectivity index (χ0v) is 10.2. The fraction of sp³-hybridized carbons (Fsp3) is 0.636. The van der Waals surface area contributed by atoms with Gasteiger partial charge in [0.1, 0.15) is 0 Å². The molecule has 0 radical (unpaired) electrons. The highest BCUT2D eigenvalue weighted by Gasteiger charge is 2.10. The molecule has 0 spiro atoms. The Hall–Kier alpha value is -1.36. The van der Waals surface area contributed by atoms with Crippen LogP contribution in [-0.2, 0) is 17.9 Å². The fourth-order valence-corrected chi connectivity index (χ4v) is 1.67. The second kappa shape index (κ2) is 5.65. The fourth-order valence-electron chi connectivity index (χ4n) is 1.67. The maximum atomic E-state index is 10.7. The molecule has 0 aromatic carbocycles. The summed E-state index contributed by atoms with van der Waals surface area (Å²) in [4.78, 5) is 10.7. The number of carbonyl (C=O) groups is 1. The van der Waals surface area contributed by atoms with E-state index in [0.717, 1.165) is 24.5 Å². The molecule has 0 aliphatic carbocycles. The van der Waals surface area contributed by atoms with Gasteiger partial charge in [-0.25, -0.2) is 0 Å². The Morgan fingerprint density at radius 2 is 2.19 bits per heavy atom. The summed E-state index contributed by atoms with van der Waals surface area (Å²) in [6, 6.07) is 0. The number of aromatic nitrogens is 2. The summed E-state index contributed by atoms with van der Waals surface area (Å²) in [7, 11) is 0. The van der Waals surface area contributed by atoms with Crippen LogP contribution in [0.1, 0.15) is 30.3 Å². The monoisotopic (exact) mass is 224 g/mol. The molecule has 0 aliphatic rings. The van der Waals surface area contributed by atoms with Crippen molar-refractivity contribution in [1.82, 2.24) is 15.1 Å². The number of rotatable bonds is 6. The molecule has 16 heavy (non-hydrogen) atoms. The second-order valence-electron chi connectivity index (χ2n) is 3.87. The van der Waals surface area contributed by atoms with Gasteiger partial charge in [-0.15, -0.1) is 0 Å². The van der Waals surface area contributed by atoms with Gasteiger partial charge < -0.3 is 11.1 Å². The number of nitrogens with zero attached hydrogens (tertiary/aromatic N) is 2. The lowest BCUT2D eigenvalue weighted by Crippen LogP contribution is -2.16. The molecule has 1 rings (SSSR count). The zero-order chi connectivity index (χ0) is 12.1. The van der Waals surface area contributed by atoms with Crippen LogP contribution >= 0.6 is 0 Å². The highest BCUT2D eigenvalue weighted by molar-refractivity contribution is 5.73. The molecule has 0 saturated carbocycles. The molecule has 1 aromatic rings. The molecular weight excluding hydrogens is 204 g/mol. The number of carbonyl (C=O) groups excluding carboxylic acids is 1. The van der Waals surface area contributed by atoms with E-state index in [4.69, 9.17) is 5.73 Å². The molecule has 0 fully saturated rings. The van der Waals surface area contributed by atoms with Gasteiger partial charge in [-0.05, 0) is 20.4 Å². The Labute approximate surface area is 96.0 Å². The Morgan fingerprint density at radius 3 is 2.75 bits per heavy atom. The van der Waals surface area contributed by atoms with Crippen LogP contribution in [0.25, 0.3) is 0 Å². The normalized spacial score (nSPS) is 10.7. The van der Waals surface area contributed by atoms with Gasteiger partial charge >= 0.3 is 0 Å². The number of nitrogens with one attached hydrogen (secondary N) is 1. The lowest BCUT2D eigenvalue weighted by molar-refractivity contribution is -0.118. The average Bonchev–Trinajstić information content (AvgIpc) is 2.49. The maximum absolute atomic E-state index is 10.7. The van der Waals surface area contributed by atoms with Crippen LogP contribution < -0.4 is 11.1 Å². The minimum absolute atomic E-state index is 0.291. The van der Waals surface area contributed by atoms with Crippen molar-refractivity contribution >= 4 is 5.91 Å². The Kier molecular flexibility index (Phi) is 4.49. The third kappa shape index (κ3) is 3.06. The highest BCUT2D eigenvalue weighted by atomic mass is 16.1. The van der Waals surface area contributed by atoms with E-state index >= 15 is 0 Å². The van der Waals surface area contributed by atoms with Crippen molar-refractivity contribution in [2.45, 2.75) is 40.3 Å². The standard InChI is InChI=1S/C11H20N4O/c1-4-13-7-10-8(2)14-15(9(10)3)6-5-11(12)16/h13H,4-7H2,1-3H3,(H2,12,16). The molecule has 1 amide bonds. The van der Waals surface area contributed by atoms with Gasteiger partial charge in [-0.2, -0.15) is 5.10 Å². The summed E-state index contributed by atoms with van der Waals surface area (Å²) in [6.45, 7) is 8.40. The van der Waals surface area contributed by atoms with Crippen molar-refractivity contribution in [3.05, 3.63) is 17.0 Å². The van der Waals surface area contributed by atoms with Gasteiger partial charge in [0.05, 0.1) is 5.69 Å². The number of nitrogens with two attached hydrogens (primary N) is 1. The molecule has 5 heteroatoms.